The molecule has 2 heterocycles. The molecule has 0 radical (unpaired) electrons. The second kappa shape index (κ2) is 5.25. The molecule has 0 saturated heterocycles. The predicted octanol–water partition coefficient (Wildman–Crippen LogP) is 2.64. The van der Waals surface area contributed by atoms with Crippen LogP contribution in [0.15, 0.2) is 28.8 Å². The molecule has 20 heavy (non-hydrogen) atoms. The molecule has 5 nitrogen and oxygen atoms in total. The van der Waals surface area contributed by atoms with Gasteiger partial charge in [0, 0.05) is 23.7 Å². The summed E-state index contributed by atoms with van der Waals surface area (Å²) in [6, 6.07) is 7.93. The third kappa shape index (κ3) is 2.41. The normalized spacial score (nSPS) is 18.4. The minimum Gasteiger partial charge on any atom is -0.388 e. The number of hydrogen-bond acceptors (Lipinski definition) is 5. The number of rotatable bonds is 3. The van der Waals surface area contributed by atoms with Crippen molar-refractivity contribution >= 4 is 5.69 Å². The first-order valence-electron chi connectivity index (χ1n) is 6.99. The van der Waals surface area contributed by atoms with Crippen LogP contribution in [0.4, 0.5) is 5.69 Å². The van der Waals surface area contributed by atoms with Crippen molar-refractivity contribution in [2.75, 3.05) is 11.4 Å². The Morgan fingerprint density at radius 3 is 2.95 bits per heavy atom. The number of aliphatic hydroxyl groups is 1. The third-order valence-corrected chi connectivity index (χ3v) is 3.64. The summed E-state index contributed by atoms with van der Waals surface area (Å²) in [7, 11) is 0. The van der Waals surface area contributed by atoms with Crippen LogP contribution in [0.5, 0.6) is 0 Å². The van der Waals surface area contributed by atoms with Gasteiger partial charge in [0.2, 0.25) is 5.89 Å². The lowest BCUT2D eigenvalue weighted by Gasteiger charge is -2.32. The lowest BCUT2D eigenvalue weighted by molar-refractivity contribution is 0.163. The first-order chi connectivity index (χ1) is 9.65. The third-order valence-electron chi connectivity index (χ3n) is 3.64. The molecule has 0 saturated carbocycles. The van der Waals surface area contributed by atoms with Gasteiger partial charge in [-0.2, -0.15) is 4.98 Å². The Morgan fingerprint density at radius 2 is 2.20 bits per heavy atom. The Bertz CT molecular complexity index is 594. The highest BCUT2D eigenvalue weighted by molar-refractivity contribution is 5.56. The molecule has 0 aliphatic carbocycles. The summed E-state index contributed by atoms with van der Waals surface area (Å²) in [5.41, 5.74) is 2.03. The van der Waals surface area contributed by atoms with Gasteiger partial charge in [0.25, 0.3) is 0 Å². The van der Waals surface area contributed by atoms with Crippen LogP contribution in [0.3, 0.4) is 0 Å². The van der Waals surface area contributed by atoms with Crippen LogP contribution < -0.4 is 4.90 Å². The average Bonchev–Trinajstić information content (AvgIpc) is 2.91. The maximum Gasteiger partial charge on any atom is 0.246 e. The quantitative estimate of drug-likeness (QED) is 0.931. The van der Waals surface area contributed by atoms with E-state index in [9.17, 15) is 5.11 Å². The fourth-order valence-corrected chi connectivity index (χ4v) is 2.51. The maximum atomic E-state index is 10.0. The van der Waals surface area contributed by atoms with Crippen molar-refractivity contribution < 1.29 is 9.63 Å². The molecule has 3 rings (SSSR count). The van der Waals surface area contributed by atoms with E-state index < -0.39 is 0 Å². The maximum absolute atomic E-state index is 10.0. The number of aliphatic hydroxyl groups excluding tert-OH is 1. The number of hydrogen-bond donors (Lipinski definition) is 1. The van der Waals surface area contributed by atoms with Crippen LogP contribution in [0.1, 0.15) is 49.6 Å². The van der Waals surface area contributed by atoms with Crippen LogP contribution in [0, 0.1) is 0 Å². The number of fused-ring (bicyclic) bond motifs is 1. The van der Waals surface area contributed by atoms with Crippen molar-refractivity contribution in [1.82, 2.24) is 10.1 Å². The molecule has 1 unspecified atom stereocenters. The van der Waals surface area contributed by atoms with Gasteiger partial charge in [0.05, 0.1) is 12.6 Å². The van der Waals surface area contributed by atoms with E-state index in [2.05, 4.69) is 15.0 Å². The molecule has 0 spiro atoms. The standard InChI is InChI=1S/C15H19N3O2/c1-10(2)15-16-14(20-17-15)9-18-8-7-13(19)11-5-3-4-6-12(11)18/h3-6,10,13,19H,7-9H2,1-2H3. The first-order valence-corrected chi connectivity index (χ1v) is 6.99. The lowest BCUT2D eigenvalue weighted by Crippen LogP contribution is -2.30. The van der Waals surface area contributed by atoms with E-state index in [-0.39, 0.29) is 12.0 Å². The van der Waals surface area contributed by atoms with Crippen molar-refractivity contribution in [1.29, 1.82) is 0 Å². The Morgan fingerprint density at radius 1 is 1.40 bits per heavy atom. The topological polar surface area (TPSA) is 62.4 Å². The highest BCUT2D eigenvalue weighted by atomic mass is 16.5. The molecule has 0 amide bonds. The average molecular weight is 273 g/mol. The summed E-state index contributed by atoms with van der Waals surface area (Å²) in [4.78, 5) is 6.59. The zero-order valence-corrected chi connectivity index (χ0v) is 11.8. The molecule has 2 aromatic rings. The summed E-state index contributed by atoms with van der Waals surface area (Å²) in [6.07, 6.45) is 0.346. The molecule has 1 aliphatic rings. The van der Waals surface area contributed by atoms with Gasteiger partial charge in [-0.15, -0.1) is 0 Å². The van der Waals surface area contributed by atoms with Crippen LogP contribution in [0.25, 0.3) is 0 Å². The van der Waals surface area contributed by atoms with Gasteiger partial charge in [-0.05, 0) is 12.5 Å². The lowest BCUT2D eigenvalue weighted by atomic mass is 9.99. The smallest absolute Gasteiger partial charge is 0.246 e. The second-order valence-corrected chi connectivity index (χ2v) is 5.49. The largest absolute Gasteiger partial charge is 0.388 e. The van der Waals surface area contributed by atoms with E-state index in [1.807, 2.05) is 38.1 Å². The van der Waals surface area contributed by atoms with Gasteiger partial charge < -0.3 is 14.5 Å². The molecule has 0 bridgehead atoms. The zero-order valence-electron chi connectivity index (χ0n) is 11.8. The molecule has 1 aliphatic heterocycles. The summed E-state index contributed by atoms with van der Waals surface area (Å²) in [5.74, 6) is 1.63. The van der Waals surface area contributed by atoms with Crippen LogP contribution >= 0.6 is 0 Å². The SMILES string of the molecule is CC(C)c1noc(CN2CCC(O)c3ccccc32)n1. The van der Waals surface area contributed by atoms with Gasteiger partial charge in [0.1, 0.15) is 0 Å². The number of nitrogens with zero attached hydrogens (tertiary/aromatic N) is 3. The van der Waals surface area contributed by atoms with E-state index in [1.54, 1.807) is 0 Å². The van der Waals surface area contributed by atoms with Crippen molar-refractivity contribution in [3.63, 3.8) is 0 Å². The number of para-hydroxylation sites is 1. The summed E-state index contributed by atoms with van der Waals surface area (Å²) in [5, 5.41) is 14.0. The van der Waals surface area contributed by atoms with E-state index in [4.69, 9.17) is 4.52 Å². The molecule has 1 N–H and O–H groups in total. The monoisotopic (exact) mass is 273 g/mol. The van der Waals surface area contributed by atoms with Gasteiger partial charge in [0.15, 0.2) is 5.82 Å². The molecule has 1 atom stereocenters. The number of aromatic nitrogens is 2. The van der Waals surface area contributed by atoms with E-state index >= 15 is 0 Å². The summed E-state index contributed by atoms with van der Waals surface area (Å²) >= 11 is 0. The zero-order chi connectivity index (χ0) is 14.1. The Balaban J connectivity index is 1.83. The molecule has 5 heteroatoms. The molecular weight excluding hydrogens is 254 g/mol. The fourth-order valence-electron chi connectivity index (χ4n) is 2.51. The molecular formula is C15H19N3O2. The first kappa shape index (κ1) is 13.1. The van der Waals surface area contributed by atoms with Gasteiger partial charge in [-0.25, -0.2) is 0 Å². The predicted molar refractivity (Wildman–Crippen MR) is 75.5 cm³/mol. The van der Waals surface area contributed by atoms with Crippen molar-refractivity contribution in [3.05, 3.63) is 41.5 Å². The van der Waals surface area contributed by atoms with Crippen LogP contribution in [-0.2, 0) is 6.54 Å². The highest BCUT2D eigenvalue weighted by Gasteiger charge is 2.24. The van der Waals surface area contributed by atoms with Gasteiger partial charge in [-0.1, -0.05) is 37.2 Å². The van der Waals surface area contributed by atoms with Crippen molar-refractivity contribution in [2.24, 2.45) is 0 Å². The molecule has 0 fully saturated rings. The van der Waals surface area contributed by atoms with Crippen molar-refractivity contribution in [2.45, 2.75) is 38.8 Å². The molecule has 106 valence electrons. The van der Waals surface area contributed by atoms with Gasteiger partial charge in [-0.3, -0.25) is 0 Å². The minimum atomic E-state index is -0.378. The minimum absolute atomic E-state index is 0.267. The van der Waals surface area contributed by atoms with Gasteiger partial charge >= 0.3 is 0 Å². The summed E-state index contributed by atoms with van der Waals surface area (Å²) < 4.78 is 5.31. The van der Waals surface area contributed by atoms with E-state index in [1.165, 1.54) is 0 Å². The highest BCUT2D eigenvalue weighted by Crippen LogP contribution is 2.34. The van der Waals surface area contributed by atoms with Crippen molar-refractivity contribution in [3.8, 4) is 0 Å². The Kier molecular flexibility index (Phi) is 3.44. The van der Waals surface area contributed by atoms with Crippen LogP contribution in [-0.4, -0.2) is 21.8 Å². The van der Waals surface area contributed by atoms with E-state index in [0.717, 1.165) is 30.0 Å². The second-order valence-electron chi connectivity index (χ2n) is 5.49. The van der Waals surface area contributed by atoms with Crippen LogP contribution in [0.2, 0.25) is 0 Å². The molecule has 1 aromatic carbocycles. The van der Waals surface area contributed by atoms with E-state index in [0.29, 0.717) is 12.4 Å². The molecule has 1 aromatic heterocycles. The Hall–Kier alpha value is -1.88. The number of benzene rings is 1. The number of anilines is 1. The summed E-state index contributed by atoms with van der Waals surface area (Å²) in [6.45, 7) is 5.46. The Labute approximate surface area is 118 Å². The fraction of sp³-hybridized carbons (Fsp3) is 0.467.